The van der Waals surface area contributed by atoms with Crippen LogP contribution in [-0.2, 0) is 0 Å². The highest BCUT2D eigenvalue weighted by molar-refractivity contribution is 6.31. The van der Waals surface area contributed by atoms with Crippen molar-refractivity contribution in [3.8, 4) is 12.3 Å². The Labute approximate surface area is 103 Å². The summed E-state index contributed by atoms with van der Waals surface area (Å²) in [5.74, 6) is 1.75. The van der Waals surface area contributed by atoms with Crippen LogP contribution in [0, 0.1) is 22.5 Å². The molecule has 0 bridgehead atoms. The van der Waals surface area contributed by atoms with Crippen molar-refractivity contribution in [3.05, 3.63) is 38.9 Å². The fourth-order valence-electron chi connectivity index (χ4n) is 1.25. The molecule has 0 N–H and O–H groups in total. The smallest absolute Gasteiger partial charge is 0.282 e. The van der Waals surface area contributed by atoms with Gasteiger partial charge in [-0.05, 0) is 12.1 Å². The number of hydrogen-bond acceptors (Lipinski definition) is 3. The number of amides is 1. The summed E-state index contributed by atoms with van der Waals surface area (Å²) in [6, 6.07) is 3.81. The zero-order chi connectivity index (χ0) is 13.0. The number of terminal acetylenes is 1. The first-order valence-electron chi connectivity index (χ1n) is 4.60. The predicted octanol–water partition coefficient (Wildman–Crippen LogP) is 1.95. The molecule has 0 aromatic heterocycles. The molecule has 0 fully saturated rings. The lowest BCUT2D eigenvalue weighted by molar-refractivity contribution is -0.385. The second-order valence-electron chi connectivity index (χ2n) is 3.28. The monoisotopic (exact) mass is 252 g/mol. The fraction of sp³-hybridized carbons (Fsp3) is 0.182. The van der Waals surface area contributed by atoms with E-state index in [0.717, 1.165) is 0 Å². The van der Waals surface area contributed by atoms with Crippen LogP contribution < -0.4 is 0 Å². The molecular weight excluding hydrogens is 244 g/mol. The molecule has 0 atom stereocenters. The molecule has 1 rings (SSSR count). The number of nitrogens with zero attached hydrogens (tertiary/aromatic N) is 2. The van der Waals surface area contributed by atoms with Crippen LogP contribution in [0.4, 0.5) is 5.69 Å². The van der Waals surface area contributed by atoms with E-state index in [4.69, 9.17) is 18.0 Å². The molecule has 1 aromatic rings. The molecule has 0 spiro atoms. The van der Waals surface area contributed by atoms with Gasteiger partial charge in [-0.15, -0.1) is 6.42 Å². The summed E-state index contributed by atoms with van der Waals surface area (Å²) < 4.78 is 0. The quantitative estimate of drug-likeness (QED) is 0.469. The third kappa shape index (κ3) is 2.95. The number of nitro benzene ring substituents is 1. The zero-order valence-corrected chi connectivity index (χ0v) is 9.77. The molecule has 0 saturated heterocycles. The normalized spacial score (nSPS) is 9.47. The predicted molar refractivity (Wildman–Crippen MR) is 63.9 cm³/mol. The van der Waals surface area contributed by atoms with Crippen molar-refractivity contribution in [2.45, 2.75) is 0 Å². The number of nitro groups is 1. The second kappa shape index (κ2) is 5.32. The summed E-state index contributed by atoms with van der Waals surface area (Å²) >= 11 is 5.71. The van der Waals surface area contributed by atoms with Crippen LogP contribution >= 0.6 is 11.6 Å². The number of halogens is 1. The van der Waals surface area contributed by atoms with Crippen molar-refractivity contribution < 1.29 is 9.72 Å². The molecule has 17 heavy (non-hydrogen) atoms. The largest absolute Gasteiger partial charge is 0.330 e. The molecular formula is C11H9ClN2O3. The lowest BCUT2D eigenvalue weighted by Crippen LogP contribution is -2.27. The van der Waals surface area contributed by atoms with Gasteiger partial charge in [0.05, 0.1) is 11.5 Å². The van der Waals surface area contributed by atoms with Gasteiger partial charge >= 0.3 is 0 Å². The summed E-state index contributed by atoms with van der Waals surface area (Å²) in [4.78, 5) is 23.2. The molecule has 5 nitrogen and oxygen atoms in total. The lowest BCUT2D eigenvalue weighted by atomic mass is 10.1. The van der Waals surface area contributed by atoms with Crippen molar-refractivity contribution in [1.82, 2.24) is 4.90 Å². The van der Waals surface area contributed by atoms with Crippen LogP contribution in [0.2, 0.25) is 5.02 Å². The van der Waals surface area contributed by atoms with Gasteiger partial charge in [0.1, 0.15) is 5.56 Å². The molecule has 0 heterocycles. The third-order valence-corrected chi connectivity index (χ3v) is 2.30. The molecule has 1 amide bonds. The summed E-state index contributed by atoms with van der Waals surface area (Å²) in [5, 5.41) is 11.0. The minimum Gasteiger partial charge on any atom is -0.330 e. The number of rotatable bonds is 3. The van der Waals surface area contributed by atoms with Gasteiger partial charge in [0.15, 0.2) is 0 Å². The van der Waals surface area contributed by atoms with E-state index < -0.39 is 10.8 Å². The van der Waals surface area contributed by atoms with E-state index in [1.807, 2.05) is 0 Å². The Morgan fingerprint density at radius 1 is 1.65 bits per heavy atom. The first-order chi connectivity index (χ1) is 7.97. The Bertz CT molecular complexity index is 508. The van der Waals surface area contributed by atoms with Gasteiger partial charge < -0.3 is 4.90 Å². The van der Waals surface area contributed by atoms with Gasteiger partial charge in [0, 0.05) is 18.1 Å². The van der Waals surface area contributed by atoms with Gasteiger partial charge in [-0.2, -0.15) is 0 Å². The highest BCUT2D eigenvalue weighted by atomic mass is 35.5. The van der Waals surface area contributed by atoms with Crippen LogP contribution in [0.25, 0.3) is 0 Å². The van der Waals surface area contributed by atoms with E-state index in [1.54, 1.807) is 0 Å². The molecule has 6 heteroatoms. The Kier molecular flexibility index (Phi) is 4.07. The summed E-state index contributed by atoms with van der Waals surface area (Å²) in [6.45, 7) is 0.0719. The topological polar surface area (TPSA) is 63.5 Å². The Balaban J connectivity index is 3.20. The fourth-order valence-corrected chi connectivity index (χ4v) is 1.43. The van der Waals surface area contributed by atoms with Gasteiger partial charge in [-0.3, -0.25) is 14.9 Å². The summed E-state index contributed by atoms with van der Waals surface area (Å²) in [7, 11) is 1.47. The Morgan fingerprint density at radius 2 is 2.29 bits per heavy atom. The highest BCUT2D eigenvalue weighted by Gasteiger charge is 2.22. The van der Waals surface area contributed by atoms with Crippen LogP contribution in [-0.4, -0.2) is 29.3 Å². The zero-order valence-electron chi connectivity index (χ0n) is 9.01. The van der Waals surface area contributed by atoms with E-state index in [2.05, 4.69) is 5.92 Å². The van der Waals surface area contributed by atoms with E-state index in [1.165, 1.54) is 30.1 Å². The SMILES string of the molecule is C#CCN(C)C(=O)c1cc(Cl)ccc1[N+](=O)[O-]. The average Bonchev–Trinajstić information content (AvgIpc) is 2.27. The average molecular weight is 253 g/mol. The van der Waals surface area contributed by atoms with E-state index in [9.17, 15) is 14.9 Å². The van der Waals surface area contributed by atoms with Crippen LogP contribution in [0.3, 0.4) is 0 Å². The van der Waals surface area contributed by atoms with Crippen molar-refractivity contribution in [1.29, 1.82) is 0 Å². The molecule has 0 radical (unpaired) electrons. The first-order valence-corrected chi connectivity index (χ1v) is 4.98. The number of benzene rings is 1. The van der Waals surface area contributed by atoms with Crippen molar-refractivity contribution >= 4 is 23.2 Å². The summed E-state index contributed by atoms with van der Waals surface area (Å²) in [5.41, 5.74) is -0.358. The van der Waals surface area contributed by atoms with Crippen LogP contribution in [0.5, 0.6) is 0 Å². The summed E-state index contributed by atoms with van der Waals surface area (Å²) in [6.07, 6.45) is 5.07. The van der Waals surface area contributed by atoms with Crippen LogP contribution in [0.15, 0.2) is 18.2 Å². The molecule has 1 aromatic carbocycles. The first kappa shape index (κ1) is 13.0. The highest BCUT2D eigenvalue weighted by Crippen LogP contribution is 2.23. The maximum absolute atomic E-state index is 11.9. The van der Waals surface area contributed by atoms with Gasteiger partial charge in [-0.25, -0.2) is 0 Å². The third-order valence-electron chi connectivity index (χ3n) is 2.06. The number of carbonyl (C=O) groups is 1. The Morgan fingerprint density at radius 3 is 2.82 bits per heavy atom. The molecule has 0 unspecified atom stereocenters. The number of carbonyl (C=O) groups excluding carboxylic acids is 1. The molecule has 0 saturated carbocycles. The standard InChI is InChI=1S/C11H9ClN2O3/c1-3-6-13(2)11(15)9-7-8(12)4-5-10(9)14(16)17/h1,4-5,7H,6H2,2H3. The van der Waals surface area contributed by atoms with Crippen LogP contribution in [0.1, 0.15) is 10.4 Å². The van der Waals surface area contributed by atoms with Gasteiger partial charge in [0.2, 0.25) is 0 Å². The molecule has 0 aliphatic heterocycles. The van der Waals surface area contributed by atoms with Crippen molar-refractivity contribution in [2.75, 3.05) is 13.6 Å². The minimum absolute atomic E-state index is 0.0692. The van der Waals surface area contributed by atoms with Gasteiger partial charge in [-0.1, -0.05) is 17.5 Å². The maximum Gasteiger partial charge on any atom is 0.282 e. The lowest BCUT2D eigenvalue weighted by Gasteiger charge is -2.13. The van der Waals surface area contributed by atoms with E-state index in [0.29, 0.717) is 0 Å². The second-order valence-corrected chi connectivity index (χ2v) is 3.72. The maximum atomic E-state index is 11.9. The van der Waals surface area contributed by atoms with Gasteiger partial charge in [0.25, 0.3) is 11.6 Å². The number of hydrogen-bond donors (Lipinski definition) is 0. The van der Waals surface area contributed by atoms with E-state index >= 15 is 0 Å². The van der Waals surface area contributed by atoms with Crippen molar-refractivity contribution in [3.63, 3.8) is 0 Å². The van der Waals surface area contributed by atoms with E-state index in [-0.39, 0.29) is 22.8 Å². The Hall–Kier alpha value is -2.06. The molecule has 0 aliphatic carbocycles. The molecule has 0 aliphatic rings. The minimum atomic E-state index is -0.632. The van der Waals surface area contributed by atoms with Crippen molar-refractivity contribution in [2.24, 2.45) is 0 Å². The molecule has 88 valence electrons.